The lowest BCUT2D eigenvalue weighted by Gasteiger charge is -2.32. The van der Waals surface area contributed by atoms with Crippen LogP contribution in [0.3, 0.4) is 0 Å². The van der Waals surface area contributed by atoms with Gasteiger partial charge in [0, 0.05) is 24.7 Å². The third-order valence-electron chi connectivity index (χ3n) is 6.49. The Bertz CT molecular complexity index is 1080. The Hall–Kier alpha value is -2.25. The number of anilines is 1. The summed E-state index contributed by atoms with van der Waals surface area (Å²) in [5, 5.41) is 3.02. The number of aromatic nitrogens is 1. The number of benzene rings is 1. The highest BCUT2D eigenvalue weighted by Crippen LogP contribution is 2.31. The summed E-state index contributed by atoms with van der Waals surface area (Å²) in [7, 11) is -3.60. The molecule has 0 aliphatic carbocycles. The van der Waals surface area contributed by atoms with E-state index in [4.69, 9.17) is 0 Å². The molecular weight excluding hydrogens is 410 g/mol. The van der Waals surface area contributed by atoms with E-state index >= 15 is 0 Å². The molecule has 2 heterocycles. The number of nitrogens with one attached hydrogen (secondary N) is 1. The van der Waals surface area contributed by atoms with Crippen LogP contribution in [-0.2, 0) is 14.8 Å². The third kappa shape index (κ3) is 4.53. The first kappa shape index (κ1) is 23.4. The predicted octanol–water partition coefficient (Wildman–Crippen LogP) is 4.28. The minimum atomic E-state index is -3.60. The van der Waals surface area contributed by atoms with E-state index in [1.165, 1.54) is 4.31 Å². The Morgan fingerprint density at radius 3 is 2.00 bits per heavy atom. The molecule has 31 heavy (non-hydrogen) atoms. The minimum Gasteiger partial charge on any atom is -0.324 e. The van der Waals surface area contributed by atoms with Crippen LogP contribution in [-0.4, -0.2) is 36.7 Å². The van der Waals surface area contributed by atoms with E-state index in [0.717, 1.165) is 44.9 Å². The number of amides is 1. The van der Waals surface area contributed by atoms with Crippen molar-refractivity contribution in [2.75, 3.05) is 18.4 Å². The van der Waals surface area contributed by atoms with Crippen molar-refractivity contribution in [2.45, 2.75) is 66.2 Å². The number of sulfonamides is 1. The van der Waals surface area contributed by atoms with Crippen LogP contribution in [0.25, 0.3) is 0 Å². The molecular formula is C24H33N3O3S. The van der Waals surface area contributed by atoms with Crippen molar-refractivity contribution in [1.82, 2.24) is 9.29 Å². The highest BCUT2D eigenvalue weighted by atomic mass is 32.2. The second kappa shape index (κ2) is 8.71. The highest BCUT2D eigenvalue weighted by molar-refractivity contribution is 7.89. The van der Waals surface area contributed by atoms with Gasteiger partial charge in [-0.2, -0.15) is 4.31 Å². The van der Waals surface area contributed by atoms with Gasteiger partial charge in [-0.15, -0.1) is 0 Å². The molecule has 0 radical (unpaired) electrons. The molecule has 1 aromatic carbocycles. The van der Waals surface area contributed by atoms with Crippen molar-refractivity contribution in [1.29, 1.82) is 0 Å². The van der Waals surface area contributed by atoms with Crippen molar-refractivity contribution >= 4 is 21.6 Å². The highest BCUT2D eigenvalue weighted by Gasteiger charge is 2.34. The molecule has 168 valence electrons. The number of carbonyl (C=O) groups is 1. The number of piperidine rings is 1. The van der Waals surface area contributed by atoms with E-state index in [-0.39, 0.29) is 11.8 Å². The topological polar surface area (TPSA) is 79.4 Å². The van der Waals surface area contributed by atoms with Crippen LogP contribution >= 0.6 is 0 Å². The Morgan fingerprint density at radius 1 is 0.935 bits per heavy atom. The van der Waals surface area contributed by atoms with Crippen molar-refractivity contribution in [3.63, 3.8) is 0 Å². The molecule has 1 aromatic heterocycles. The number of nitrogens with zero attached hydrogens (tertiary/aromatic N) is 2. The molecule has 1 fully saturated rings. The largest absolute Gasteiger partial charge is 0.324 e. The average Bonchev–Trinajstić information content (AvgIpc) is 2.69. The maximum absolute atomic E-state index is 13.4. The lowest BCUT2D eigenvalue weighted by molar-refractivity contribution is -0.120. The first-order valence-corrected chi connectivity index (χ1v) is 12.2. The molecule has 1 aliphatic rings. The molecule has 1 amide bonds. The zero-order chi connectivity index (χ0) is 23.1. The lowest BCUT2D eigenvalue weighted by atomic mass is 9.97. The summed E-state index contributed by atoms with van der Waals surface area (Å²) in [6, 6.07) is 3.98. The van der Waals surface area contributed by atoms with Crippen molar-refractivity contribution < 1.29 is 13.2 Å². The maximum Gasteiger partial charge on any atom is 0.243 e. The Morgan fingerprint density at radius 2 is 1.48 bits per heavy atom. The fourth-order valence-electron chi connectivity index (χ4n) is 4.49. The van der Waals surface area contributed by atoms with Gasteiger partial charge >= 0.3 is 0 Å². The van der Waals surface area contributed by atoms with Gasteiger partial charge in [0.05, 0.1) is 16.3 Å². The van der Waals surface area contributed by atoms with E-state index in [2.05, 4.69) is 10.3 Å². The van der Waals surface area contributed by atoms with Crippen LogP contribution in [0.15, 0.2) is 17.0 Å². The summed E-state index contributed by atoms with van der Waals surface area (Å²) in [4.78, 5) is 17.7. The molecule has 2 aromatic rings. The van der Waals surface area contributed by atoms with Gasteiger partial charge in [0.15, 0.2) is 0 Å². The molecule has 6 nitrogen and oxygen atoms in total. The molecule has 0 saturated carbocycles. The van der Waals surface area contributed by atoms with E-state index in [1.54, 1.807) is 0 Å². The number of aryl methyl sites for hydroxylation is 5. The molecule has 3 rings (SSSR count). The second-order valence-corrected chi connectivity index (χ2v) is 10.7. The average molecular weight is 444 g/mol. The summed E-state index contributed by atoms with van der Waals surface area (Å²) in [5.74, 6) is -0.277. The minimum absolute atomic E-state index is 0.0623. The molecule has 1 aliphatic heterocycles. The summed E-state index contributed by atoms with van der Waals surface area (Å²) in [6.45, 7) is 14.1. The zero-order valence-electron chi connectivity index (χ0n) is 19.6. The van der Waals surface area contributed by atoms with Gasteiger partial charge in [-0.05, 0) is 95.2 Å². The normalized spacial score (nSPS) is 15.8. The van der Waals surface area contributed by atoms with Crippen molar-refractivity contribution in [3.05, 3.63) is 51.3 Å². The summed E-state index contributed by atoms with van der Waals surface area (Å²) in [6.07, 6.45) is 1.01. The quantitative estimate of drug-likeness (QED) is 0.765. The first-order valence-electron chi connectivity index (χ1n) is 10.8. The summed E-state index contributed by atoms with van der Waals surface area (Å²) in [5.41, 5.74) is 7.03. The maximum atomic E-state index is 13.4. The number of hydrogen-bond acceptors (Lipinski definition) is 4. The monoisotopic (exact) mass is 443 g/mol. The molecule has 1 N–H and O–H groups in total. The van der Waals surface area contributed by atoms with E-state index in [1.807, 2.05) is 60.6 Å². The van der Waals surface area contributed by atoms with Gasteiger partial charge in [-0.25, -0.2) is 8.42 Å². The number of carbonyl (C=O) groups excluding carboxylic acids is 1. The Balaban J connectivity index is 1.75. The third-order valence-corrected chi connectivity index (χ3v) is 8.67. The van der Waals surface area contributed by atoms with Gasteiger partial charge in [0.2, 0.25) is 15.9 Å². The first-order chi connectivity index (χ1) is 14.4. The van der Waals surface area contributed by atoms with Crippen LogP contribution < -0.4 is 5.32 Å². The van der Waals surface area contributed by atoms with Crippen molar-refractivity contribution in [3.8, 4) is 0 Å². The molecule has 7 heteroatoms. The van der Waals surface area contributed by atoms with Crippen LogP contribution in [0.2, 0.25) is 0 Å². The van der Waals surface area contributed by atoms with E-state index in [9.17, 15) is 13.2 Å². The van der Waals surface area contributed by atoms with Gasteiger partial charge in [-0.3, -0.25) is 9.78 Å². The van der Waals surface area contributed by atoms with Crippen LogP contribution in [0.5, 0.6) is 0 Å². The smallest absolute Gasteiger partial charge is 0.243 e. The van der Waals surface area contributed by atoms with Crippen molar-refractivity contribution in [2.24, 2.45) is 5.92 Å². The van der Waals surface area contributed by atoms with E-state index < -0.39 is 10.0 Å². The van der Waals surface area contributed by atoms with Crippen LogP contribution in [0, 0.1) is 54.4 Å². The zero-order valence-corrected chi connectivity index (χ0v) is 20.4. The van der Waals surface area contributed by atoms with Gasteiger partial charge < -0.3 is 5.32 Å². The molecule has 1 saturated heterocycles. The van der Waals surface area contributed by atoms with Crippen LogP contribution in [0.1, 0.15) is 52.0 Å². The van der Waals surface area contributed by atoms with Crippen LogP contribution in [0.4, 0.5) is 5.69 Å². The predicted molar refractivity (Wildman–Crippen MR) is 124 cm³/mol. The van der Waals surface area contributed by atoms with Gasteiger partial charge in [0.1, 0.15) is 0 Å². The fourth-order valence-corrected chi connectivity index (χ4v) is 6.54. The van der Waals surface area contributed by atoms with Gasteiger partial charge in [0.25, 0.3) is 0 Å². The fraction of sp³-hybridized carbons (Fsp3) is 0.500. The number of rotatable bonds is 4. The molecule has 0 spiro atoms. The van der Waals surface area contributed by atoms with E-state index in [0.29, 0.717) is 30.8 Å². The summed E-state index contributed by atoms with van der Waals surface area (Å²) < 4.78 is 28.4. The summed E-state index contributed by atoms with van der Waals surface area (Å²) >= 11 is 0. The lowest BCUT2D eigenvalue weighted by Crippen LogP contribution is -2.42. The molecule has 0 unspecified atom stereocenters. The standard InChI is InChI=1S/C24H33N3O3S/c1-14-12-15(2)19(6)23(18(14)5)31(29,30)27-10-8-21(9-11-27)24(28)26-22-16(3)13-17(4)25-20(22)7/h12-13,21H,8-11H2,1-7H3,(H,26,28). The molecule has 0 bridgehead atoms. The Labute approximate surface area is 186 Å². The SMILES string of the molecule is Cc1cc(C)c(NC(=O)C2CCN(S(=O)(=O)c3c(C)c(C)cc(C)c3C)CC2)c(C)n1. The number of pyridine rings is 1. The molecule has 0 atom stereocenters. The second-order valence-electron chi connectivity index (χ2n) is 8.80. The Kier molecular flexibility index (Phi) is 6.58. The van der Waals surface area contributed by atoms with Gasteiger partial charge in [-0.1, -0.05) is 6.07 Å². The number of hydrogen-bond donors (Lipinski definition) is 1.